The topological polar surface area (TPSA) is 70.5 Å². The third kappa shape index (κ3) is 3.03. The minimum absolute atomic E-state index is 0.0312. The van der Waals surface area contributed by atoms with Crippen LogP contribution in [0.1, 0.15) is 17.2 Å². The predicted octanol–water partition coefficient (Wildman–Crippen LogP) is 4.42. The zero-order valence-corrected chi connectivity index (χ0v) is 15.4. The number of Topliss-reactive ketones (excluding diaryl/α,β-unsaturated/α-hetero) is 1. The van der Waals surface area contributed by atoms with Crippen molar-refractivity contribution < 1.29 is 14.7 Å². The molecule has 27 heavy (non-hydrogen) atoms. The summed E-state index contributed by atoms with van der Waals surface area (Å²) >= 11 is 7.24. The predicted molar refractivity (Wildman–Crippen MR) is 105 cm³/mol. The van der Waals surface area contributed by atoms with E-state index in [1.54, 1.807) is 60.1 Å². The number of hydrogen-bond donors (Lipinski definition) is 1. The minimum Gasteiger partial charge on any atom is -0.507 e. The Hall–Kier alpha value is -2.96. The van der Waals surface area contributed by atoms with Crippen LogP contribution in [0, 0.1) is 0 Å². The van der Waals surface area contributed by atoms with Crippen LogP contribution in [-0.4, -0.2) is 21.8 Å². The average molecular weight is 397 g/mol. The highest BCUT2D eigenvalue weighted by molar-refractivity contribution is 7.14. The molecule has 0 aliphatic carbocycles. The Balaban J connectivity index is 1.94. The molecule has 5 nitrogen and oxygen atoms in total. The van der Waals surface area contributed by atoms with Crippen LogP contribution in [-0.2, 0) is 9.59 Å². The van der Waals surface area contributed by atoms with E-state index in [0.29, 0.717) is 21.3 Å². The summed E-state index contributed by atoms with van der Waals surface area (Å²) in [5.41, 5.74) is 1.16. The molecule has 1 atom stereocenters. The summed E-state index contributed by atoms with van der Waals surface area (Å²) in [7, 11) is 0. The van der Waals surface area contributed by atoms with Crippen LogP contribution in [0.5, 0.6) is 0 Å². The van der Waals surface area contributed by atoms with Crippen molar-refractivity contribution in [3.05, 3.63) is 87.9 Å². The second-order valence-corrected chi connectivity index (χ2v) is 7.21. The van der Waals surface area contributed by atoms with Gasteiger partial charge in [-0.05, 0) is 17.7 Å². The van der Waals surface area contributed by atoms with Gasteiger partial charge in [0.1, 0.15) is 5.76 Å². The van der Waals surface area contributed by atoms with Crippen molar-refractivity contribution in [1.29, 1.82) is 0 Å². The number of carbonyl (C=O) groups excluding carboxylic acids is 2. The maximum Gasteiger partial charge on any atom is 0.301 e. The van der Waals surface area contributed by atoms with Gasteiger partial charge in [0, 0.05) is 22.2 Å². The molecule has 2 aromatic carbocycles. The lowest BCUT2D eigenvalue weighted by Crippen LogP contribution is -2.29. The standard InChI is InChI=1S/C20H13ClN2O3S/c21-14-8-6-12(7-9-14)16-15(17(24)13-4-2-1-3-5-13)18(25)19(26)23(16)20-22-10-11-27-20/h1-11,16,24H. The molecule has 2 heterocycles. The van der Waals surface area contributed by atoms with Gasteiger partial charge in [0.15, 0.2) is 5.13 Å². The number of benzene rings is 2. The number of halogens is 1. The van der Waals surface area contributed by atoms with Gasteiger partial charge in [-0.2, -0.15) is 0 Å². The van der Waals surface area contributed by atoms with Gasteiger partial charge in [-0.15, -0.1) is 11.3 Å². The monoisotopic (exact) mass is 396 g/mol. The Morgan fingerprint density at radius 3 is 2.41 bits per heavy atom. The second kappa shape index (κ2) is 6.98. The van der Waals surface area contributed by atoms with Crippen molar-refractivity contribution in [3.8, 4) is 0 Å². The van der Waals surface area contributed by atoms with E-state index >= 15 is 0 Å². The lowest BCUT2D eigenvalue weighted by Gasteiger charge is -2.23. The van der Waals surface area contributed by atoms with Crippen LogP contribution in [0.15, 0.2) is 71.7 Å². The van der Waals surface area contributed by atoms with E-state index < -0.39 is 17.7 Å². The first-order valence-corrected chi connectivity index (χ1v) is 9.35. The highest BCUT2D eigenvalue weighted by Crippen LogP contribution is 2.42. The van der Waals surface area contributed by atoms with Crippen LogP contribution in [0.3, 0.4) is 0 Å². The molecular formula is C20H13ClN2O3S. The number of aliphatic hydroxyl groups is 1. The van der Waals surface area contributed by atoms with Gasteiger partial charge in [0.05, 0.1) is 11.6 Å². The molecule has 3 aromatic rings. The summed E-state index contributed by atoms with van der Waals surface area (Å²) < 4.78 is 0. The first-order valence-electron chi connectivity index (χ1n) is 8.09. The van der Waals surface area contributed by atoms with Gasteiger partial charge in [0.25, 0.3) is 5.78 Å². The fourth-order valence-corrected chi connectivity index (χ4v) is 3.87. The summed E-state index contributed by atoms with van der Waals surface area (Å²) in [6.07, 6.45) is 1.56. The highest BCUT2D eigenvalue weighted by Gasteiger charge is 2.47. The van der Waals surface area contributed by atoms with Gasteiger partial charge >= 0.3 is 5.91 Å². The number of ketones is 1. The van der Waals surface area contributed by atoms with Crippen LogP contribution in [0.4, 0.5) is 5.13 Å². The smallest absolute Gasteiger partial charge is 0.301 e. The van der Waals surface area contributed by atoms with Crippen LogP contribution >= 0.6 is 22.9 Å². The van der Waals surface area contributed by atoms with Gasteiger partial charge in [-0.3, -0.25) is 14.5 Å². The van der Waals surface area contributed by atoms with Crippen molar-refractivity contribution in [2.45, 2.75) is 6.04 Å². The maximum absolute atomic E-state index is 12.8. The van der Waals surface area contributed by atoms with Crippen molar-refractivity contribution >= 4 is 45.5 Å². The quantitative estimate of drug-likeness (QED) is 0.404. The fraction of sp³-hybridized carbons (Fsp3) is 0.0500. The number of aromatic nitrogens is 1. The molecule has 1 amide bonds. The molecule has 1 unspecified atom stereocenters. The van der Waals surface area contributed by atoms with E-state index in [1.165, 1.54) is 16.2 Å². The summed E-state index contributed by atoms with van der Waals surface area (Å²) in [6.45, 7) is 0. The summed E-state index contributed by atoms with van der Waals surface area (Å²) in [5, 5.41) is 13.5. The van der Waals surface area contributed by atoms with Gasteiger partial charge in [-0.25, -0.2) is 4.98 Å². The number of nitrogens with zero attached hydrogens (tertiary/aromatic N) is 2. The number of thiazole rings is 1. The van der Waals surface area contributed by atoms with E-state index in [2.05, 4.69) is 4.98 Å². The van der Waals surface area contributed by atoms with Gasteiger partial charge in [0.2, 0.25) is 0 Å². The molecule has 1 aliphatic rings. The zero-order chi connectivity index (χ0) is 19.0. The molecule has 1 saturated heterocycles. The van der Waals surface area contributed by atoms with Crippen molar-refractivity contribution in [2.75, 3.05) is 4.90 Å². The summed E-state index contributed by atoms with van der Waals surface area (Å²) in [5.74, 6) is -1.68. The molecule has 0 saturated carbocycles. The number of aliphatic hydroxyl groups excluding tert-OH is 1. The normalized spacial score (nSPS) is 18.9. The first kappa shape index (κ1) is 17.5. The third-order valence-corrected chi connectivity index (χ3v) is 5.33. The number of rotatable bonds is 3. The van der Waals surface area contributed by atoms with E-state index in [1.807, 2.05) is 6.07 Å². The van der Waals surface area contributed by atoms with E-state index in [-0.39, 0.29) is 11.3 Å². The maximum atomic E-state index is 12.8. The van der Waals surface area contributed by atoms with Crippen LogP contribution in [0.25, 0.3) is 5.76 Å². The molecule has 4 rings (SSSR count). The molecule has 1 fully saturated rings. The second-order valence-electron chi connectivity index (χ2n) is 5.90. The number of hydrogen-bond acceptors (Lipinski definition) is 5. The van der Waals surface area contributed by atoms with Gasteiger partial charge in [-0.1, -0.05) is 54.1 Å². The summed E-state index contributed by atoms with van der Waals surface area (Å²) in [6, 6.07) is 14.7. The van der Waals surface area contributed by atoms with Crippen LogP contribution in [0.2, 0.25) is 5.02 Å². The molecular weight excluding hydrogens is 384 g/mol. The van der Waals surface area contributed by atoms with Crippen molar-refractivity contribution in [3.63, 3.8) is 0 Å². The zero-order valence-electron chi connectivity index (χ0n) is 13.9. The number of anilines is 1. The third-order valence-electron chi connectivity index (χ3n) is 4.30. The van der Waals surface area contributed by atoms with E-state index in [4.69, 9.17) is 11.6 Å². The van der Waals surface area contributed by atoms with Gasteiger partial charge < -0.3 is 5.11 Å². The van der Waals surface area contributed by atoms with Crippen molar-refractivity contribution in [1.82, 2.24) is 4.98 Å². The van der Waals surface area contributed by atoms with E-state index in [0.717, 1.165) is 0 Å². The minimum atomic E-state index is -0.784. The first-order chi connectivity index (χ1) is 13.1. The molecule has 1 aliphatic heterocycles. The highest BCUT2D eigenvalue weighted by atomic mass is 35.5. The Morgan fingerprint density at radius 2 is 1.78 bits per heavy atom. The molecule has 0 spiro atoms. The largest absolute Gasteiger partial charge is 0.507 e. The Morgan fingerprint density at radius 1 is 1.07 bits per heavy atom. The Kier molecular flexibility index (Phi) is 4.51. The Bertz CT molecular complexity index is 1030. The summed E-state index contributed by atoms with van der Waals surface area (Å²) in [4.78, 5) is 31.1. The van der Waals surface area contributed by atoms with Crippen LogP contribution < -0.4 is 4.90 Å². The molecule has 1 N–H and O–H groups in total. The molecule has 0 bridgehead atoms. The molecule has 7 heteroatoms. The lowest BCUT2D eigenvalue weighted by molar-refractivity contribution is -0.132. The number of carbonyl (C=O) groups is 2. The van der Waals surface area contributed by atoms with Crippen molar-refractivity contribution in [2.24, 2.45) is 0 Å². The molecule has 1 aromatic heterocycles. The Labute approximate surface area is 164 Å². The fourth-order valence-electron chi connectivity index (χ4n) is 3.08. The lowest BCUT2D eigenvalue weighted by atomic mass is 9.95. The SMILES string of the molecule is O=C1C(=O)N(c2nccs2)C(c2ccc(Cl)cc2)C1=C(O)c1ccccc1. The molecule has 134 valence electrons. The molecule has 0 radical (unpaired) electrons. The average Bonchev–Trinajstić information content (AvgIpc) is 3.30. The number of amides is 1. The van der Waals surface area contributed by atoms with E-state index in [9.17, 15) is 14.7 Å².